The van der Waals surface area contributed by atoms with Gasteiger partial charge in [-0.05, 0) is 0 Å². The number of aliphatic hydroxyl groups excluding tert-OH is 2. The van der Waals surface area contributed by atoms with Crippen molar-refractivity contribution in [1.29, 1.82) is 0 Å². The van der Waals surface area contributed by atoms with Gasteiger partial charge < -0.3 is 38.6 Å². The van der Waals surface area contributed by atoms with Crippen LogP contribution in [0.1, 0.15) is 0 Å². The number of aliphatic hydroxyl groups is 2. The predicted octanol–water partition coefficient (Wildman–Crippen LogP) is -1.32. The third-order valence-corrected chi connectivity index (χ3v) is 2.51. The highest BCUT2D eigenvalue weighted by Gasteiger charge is 2.01. The number of rotatable bonds is 18. The molecule has 0 aliphatic rings. The Labute approximate surface area is 152 Å². The third kappa shape index (κ3) is 18.8. The first-order valence-corrected chi connectivity index (χ1v) is 8.25. The van der Waals surface area contributed by atoms with E-state index in [2.05, 4.69) is 0 Å². The fourth-order valence-electron chi connectivity index (χ4n) is 1.41. The molecule has 26 heavy (non-hydrogen) atoms. The average molecular weight is 380 g/mol. The summed E-state index contributed by atoms with van der Waals surface area (Å²) < 4.78 is 29.8. The van der Waals surface area contributed by atoms with Gasteiger partial charge in [0.05, 0.1) is 66.1 Å². The Bertz CT molecular complexity index is 338. The van der Waals surface area contributed by atoms with E-state index < -0.39 is 11.9 Å². The monoisotopic (exact) mass is 380 g/mol. The van der Waals surface area contributed by atoms with E-state index in [0.717, 1.165) is 12.2 Å². The van der Waals surface area contributed by atoms with Crippen LogP contribution in [0.25, 0.3) is 0 Å². The molecule has 0 heterocycles. The van der Waals surface area contributed by atoms with Crippen LogP contribution in [-0.4, -0.2) is 101 Å². The lowest BCUT2D eigenvalue weighted by molar-refractivity contribution is -0.142. The Morgan fingerprint density at radius 2 is 0.846 bits per heavy atom. The number of hydrogen-bond acceptors (Lipinski definition) is 10. The highest BCUT2D eigenvalue weighted by molar-refractivity contribution is 5.91. The van der Waals surface area contributed by atoms with Crippen LogP contribution in [0.3, 0.4) is 0 Å². The van der Waals surface area contributed by atoms with E-state index in [1.165, 1.54) is 0 Å². The molecular formula is C16H28O10. The Kier molecular flexibility index (Phi) is 18.6. The Balaban J connectivity index is 3.45. The SMILES string of the molecule is O=C(/C=C/C(=O)OCCOCCOCCO)OCCOCCOCCO. The fraction of sp³-hybridized carbons (Fsp3) is 0.750. The van der Waals surface area contributed by atoms with Crippen LogP contribution in [0.2, 0.25) is 0 Å². The van der Waals surface area contributed by atoms with Crippen molar-refractivity contribution in [3.63, 3.8) is 0 Å². The van der Waals surface area contributed by atoms with Crippen molar-refractivity contribution < 1.29 is 48.2 Å². The van der Waals surface area contributed by atoms with Crippen LogP contribution in [0.4, 0.5) is 0 Å². The van der Waals surface area contributed by atoms with Gasteiger partial charge in [-0.15, -0.1) is 0 Å². The zero-order valence-corrected chi connectivity index (χ0v) is 14.8. The van der Waals surface area contributed by atoms with Crippen molar-refractivity contribution in [2.24, 2.45) is 0 Å². The number of hydrogen-bond donors (Lipinski definition) is 2. The Hall–Kier alpha value is -1.56. The van der Waals surface area contributed by atoms with Gasteiger partial charge in [0.1, 0.15) is 13.2 Å². The largest absolute Gasteiger partial charge is 0.460 e. The maximum absolute atomic E-state index is 11.3. The molecule has 0 spiro atoms. The summed E-state index contributed by atoms with van der Waals surface area (Å²) in [5, 5.41) is 17.0. The molecule has 0 aromatic heterocycles. The smallest absolute Gasteiger partial charge is 0.331 e. The molecular weight excluding hydrogens is 352 g/mol. The van der Waals surface area contributed by atoms with Crippen molar-refractivity contribution in [2.45, 2.75) is 0 Å². The minimum Gasteiger partial charge on any atom is -0.460 e. The van der Waals surface area contributed by atoms with Gasteiger partial charge in [-0.25, -0.2) is 9.59 Å². The van der Waals surface area contributed by atoms with Crippen LogP contribution >= 0.6 is 0 Å². The van der Waals surface area contributed by atoms with Crippen molar-refractivity contribution in [2.75, 3.05) is 79.3 Å². The van der Waals surface area contributed by atoms with Crippen molar-refractivity contribution in [1.82, 2.24) is 0 Å². The van der Waals surface area contributed by atoms with Gasteiger partial charge in [-0.2, -0.15) is 0 Å². The summed E-state index contributed by atoms with van der Waals surface area (Å²) in [6.45, 7) is 2.27. The van der Waals surface area contributed by atoms with Gasteiger partial charge >= 0.3 is 11.9 Å². The topological polar surface area (TPSA) is 130 Å². The lowest BCUT2D eigenvalue weighted by atomic mass is 10.5. The lowest BCUT2D eigenvalue weighted by Crippen LogP contribution is -2.13. The molecule has 0 amide bonds. The first-order valence-electron chi connectivity index (χ1n) is 8.25. The molecule has 0 bridgehead atoms. The van der Waals surface area contributed by atoms with E-state index >= 15 is 0 Å². The maximum atomic E-state index is 11.3. The minimum absolute atomic E-state index is 0.0419. The molecule has 10 heteroatoms. The van der Waals surface area contributed by atoms with Gasteiger partial charge in [0.25, 0.3) is 0 Å². The van der Waals surface area contributed by atoms with Crippen molar-refractivity contribution >= 4 is 11.9 Å². The van der Waals surface area contributed by atoms with Gasteiger partial charge in [-0.1, -0.05) is 0 Å². The first kappa shape index (κ1) is 24.4. The van der Waals surface area contributed by atoms with Crippen LogP contribution < -0.4 is 0 Å². The predicted molar refractivity (Wildman–Crippen MR) is 88.5 cm³/mol. The Morgan fingerprint density at radius 1 is 0.538 bits per heavy atom. The number of esters is 2. The Morgan fingerprint density at radius 3 is 1.19 bits per heavy atom. The van der Waals surface area contributed by atoms with Crippen molar-refractivity contribution in [3.05, 3.63) is 12.2 Å². The molecule has 0 rings (SSSR count). The normalized spacial score (nSPS) is 11.0. The molecule has 2 N–H and O–H groups in total. The highest BCUT2D eigenvalue weighted by Crippen LogP contribution is 1.88. The van der Waals surface area contributed by atoms with E-state index in [-0.39, 0.29) is 52.9 Å². The van der Waals surface area contributed by atoms with E-state index in [1.54, 1.807) is 0 Å². The van der Waals surface area contributed by atoms with Crippen LogP contribution in [0.5, 0.6) is 0 Å². The second-order valence-corrected chi connectivity index (χ2v) is 4.57. The molecule has 0 aliphatic carbocycles. The zero-order chi connectivity index (χ0) is 19.3. The molecule has 0 saturated heterocycles. The van der Waals surface area contributed by atoms with E-state index in [4.69, 9.17) is 38.6 Å². The number of ether oxygens (including phenoxy) is 6. The summed E-state index contributed by atoms with van der Waals surface area (Å²) >= 11 is 0. The second kappa shape index (κ2) is 19.8. The molecule has 0 aromatic rings. The fourth-order valence-corrected chi connectivity index (χ4v) is 1.41. The summed E-state index contributed by atoms with van der Waals surface area (Å²) in [5.74, 6) is -1.36. The summed E-state index contributed by atoms with van der Waals surface area (Å²) in [5.41, 5.74) is 0. The van der Waals surface area contributed by atoms with Crippen LogP contribution in [-0.2, 0) is 38.0 Å². The van der Waals surface area contributed by atoms with E-state index in [1.807, 2.05) is 0 Å². The molecule has 10 nitrogen and oxygen atoms in total. The summed E-state index contributed by atoms with van der Waals surface area (Å²) in [6, 6.07) is 0. The summed E-state index contributed by atoms with van der Waals surface area (Å²) in [6.07, 6.45) is 1.94. The van der Waals surface area contributed by atoms with Gasteiger partial charge in [0.2, 0.25) is 0 Å². The summed E-state index contributed by atoms with van der Waals surface area (Å²) in [7, 11) is 0. The quantitative estimate of drug-likeness (QED) is 0.168. The van der Waals surface area contributed by atoms with Gasteiger partial charge in [0.15, 0.2) is 0 Å². The molecule has 152 valence electrons. The van der Waals surface area contributed by atoms with Gasteiger partial charge in [-0.3, -0.25) is 0 Å². The van der Waals surface area contributed by atoms with Crippen molar-refractivity contribution in [3.8, 4) is 0 Å². The van der Waals surface area contributed by atoms with E-state index in [0.29, 0.717) is 26.4 Å². The highest BCUT2D eigenvalue weighted by atomic mass is 16.6. The van der Waals surface area contributed by atoms with Crippen LogP contribution in [0.15, 0.2) is 12.2 Å². The molecule has 0 aliphatic heterocycles. The number of carbonyl (C=O) groups is 2. The maximum Gasteiger partial charge on any atom is 0.331 e. The lowest BCUT2D eigenvalue weighted by Gasteiger charge is -2.05. The zero-order valence-electron chi connectivity index (χ0n) is 14.8. The standard InChI is InChI=1S/C16H28O10/c17-3-5-21-7-9-23-11-13-25-15(19)1-2-16(20)26-14-12-24-10-8-22-6-4-18/h1-2,17-18H,3-14H2/b2-1+. The molecule has 0 radical (unpaired) electrons. The average Bonchev–Trinajstić information content (AvgIpc) is 2.64. The first-order chi connectivity index (χ1) is 12.7. The van der Waals surface area contributed by atoms with Crippen LogP contribution in [0, 0.1) is 0 Å². The summed E-state index contributed by atoms with van der Waals surface area (Å²) in [4.78, 5) is 22.7. The van der Waals surface area contributed by atoms with E-state index in [9.17, 15) is 9.59 Å². The van der Waals surface area contributed by atoms with Gasteiger partial charge in [0, 0.05) is 12.2 Å². The third-order valence-electron chi connectivity index (χ3n) is 2.51. The molecule has 0 fully saturated rings. The number of carbonyl (C=O) groups excluding carboxylic acids is 2. The molecule has 0 aromatic carbocycles. The molecule has 0 saturated carbocycles. The minimum atomic E-state index is -0.681. The molecule has 0 atom stereocenters. The second-order valence-electron chi connectivity index (χ2n) is 4.57. The molecule has 0 unspecified atom stereocenters.